The molecule has 1 atom stereocenters. The van der Waals surface area contributed by atoms with E-state index in [1.54, 1.807) is 24.3 Å². The van der Waals surface area contributed by atoms with Crippen molar-refractivity contribution in [2.45, 2.75) is 38.6 Å². The molecule has 10 heteroatoms. The van der Waals surface area contributed by atoms with Gasteiger partial charge in [0.15, 0.2) is 5.82 Å². The van der Waals surface area contributed by atoms with E-state index in [0.717, 1.165) is 30.8 Å². The Bertz CT molecular complexity index is 1040. The van der Waals surface area contributed by atoms with Crippen LogP contribution in [-0.4, -0.2) is 29.1 Å². The molecule has 1 fully saturated rings. The lowest BCUT2D eigenvalue weighted by molar-refractivity contribution is 0.0944. The van der Waals surface area contributed by atoms with Crippen molar-refractivity contribution in [2.75, 3.05) is 13.1 Å². The summed E-state index contributed by atoms with van der Waals surface area (Å²) in [5, 5.41) is 11.8. The smallest absolute Gasteiger partial charge is 0.349 e. The molecule has 30 heavy (non-hydrogen) atoms. The molecule has 8 nitrogen and oxygen atoms in total. The average molecular weight is 451 g/mol. The monoisotopic (exact) mass is 450 g/mol. The van der Waals surface area contributed by atoms with E-state index in [4.69, 9.17) is 8.94 Å². The van der Waals surface area contributed by atoms with E-state index in [1.807, 2.05) is 17.5 Å². The standard InChI is InChI=1S/C20H22N4O4S.ClH/c1-12-8-15(13-4-2-6-21-10-13)27-20(26)18(12)19(25)22-11-16-23-17(28-24-16)9-14-5-3-7-29-14;/h3,5,7-8,13,21H,2,4,6,9-11H2,1H3,(H,22,25);1H. The lowest BCUT2D eigenvalue weighted by atomic mass is 9.95. The lowest BCUT2D eigenvalue weighted by Gasteiger charge is -2.22. The van der Waals surface area contributed by atoms with Gasteiger partial charge in [-0.3, -0.25) is 4.79 Å². The van der Waals surface area contributed by atoms with Crippen molar-refractivity contribution >= 4 is 29.7 Å². The van der Waals surface area contributed by atoms with Gasteiger partial charge in [-0.25, -0.2) is 4.79 Å². The highest BCUT2D eigenvalue weighted by atomic mass is 35.5. The van der Waals surface area contributed by atoms with Crippen LogP contribution in [0.5, 0.6) is 0 Å². The number of hydrogen-bond donors (Lipinski definition) is 2. The van der Waals surface area contributed by atoms with Crippen LogP contribution in [0.1, 0.15) is 57.0 Å². The summed E-state index contributed by atoms with van der Waals surface area (Å²) in [6.45, 7) is 3.57. The number of aryl methyl sites for hydroxylation is 1. The Morgan fingerprint density at radius 1 is 1.43 bits per heavy atom. The Labute approximate surface area is 183 Å². The number of carbonyl (C=O) groups is 1. The van der Waals surface area contributed by atoms with E-state index in [2.05, 4.69) is 20.8 Å². The fourth-order valence-corrected chi connectivity index (χ4v) is 4.14. The molecule has 0 aliphatic carbocycles. The van der Waals surface area contributed by atoms with Gasteiger partial charge in [0.1, 0.15) is 11.3 Å². The highest BCUT2D eigenvalue weighted by molar-refractivity contribution is 7.09. The van der Waals surface area contributed by atoms with Crippen molar-refractivity contribution in [1.82, 2.24) is 20.8 Å². The van der Waals surface area contributed by atoms with E-state index in [9.17, 15) is 9.59 Å². The van der Waals surface area contributed by atoms with Crippen molar-refractivity contribution in [3.05, 3.63) is 67.5 Å². The second-order valence-corrected chi connectivity index (χ2v) is 8.11. The normalized spacial score (nSPS) is 16.1. The van der Waals surface area contributed by atoms with Crippen molar-refractivity contribution < 1.29 is 13.7 Å². The summed E-state index contributed by atoms with van der Waals surface area (Å²) in [6.07, 6.45) is 2.56. The molecular formula is C20H23ClN4O4S. The molecule has 0 aromatic carbocycles. The zero-order valence-electron chi connectivity index (χ0n) is 16.5. The molecule has 2 N–H and O–H groups in total. The van der Waals surface area contributed by atoms with Gasteiger partial charge >= 0.3 is 5.63 Å². The Hall–Kier alpha value is -2.49. The Morgan fingerprint density at radius 3 is 3.00 bits per heavy atom. The maximum Gasteiger partial charge on any atom is 0.349 e. The second kappa shape index (κ2) is 10.0. The molecular weight excluding hydrogens is 428 g/mol. The molecule has 0 radical (unpaired) electrons. The van der Waals surface area contributed by atoms with Crippen molar-refractivity contribution in [3.63, 3.8) is 0 Å². The van der Waals surface area contributed by atoms with Gasteiger partial charge in [-0.1, -0.05) is 11.2 Å². The van der Waals surface area contributed by atoms with E-state index in [-0.39, 0.29) is 30.4 Å². The highest BCUT2D eigenvalue weighted by Gasteiger charge is 2.22. The van der Waals surface area contributed by atoms with Crippen molar-refractivity contribution in [2.24, 2.45) is 0 Å². The van der Waals surface area contributed by atoms with Crippen LogP contribution in [0, 0.1) is 6.92 Å². The largest absolute Gasteiger partial charge is 0.427 e. The number of amides is 1. The molecule has 1 aliphatic rings. The zero-order valence-corrected chi connectivity index (χ0v) is 18.1. The maximum absolute atomic E-state index is 12.5. The summed E-state index contributed by atoms with van der Waals surface area (Å²) >= 11 is 1.61. The maximum atomic E-state index is 12.5. The third-order valence-corrected chi connectivity index (χ3v) is 5.79. The van der Waals surface area contributed by atoms with E-state index in [1.165, 1.54) is 0 Å². The first-order valence-corrected chi connectivity index (χ1v) is 10.5. The van der Waals surface area contributed by atoms with Crippen LogP contribution in [0.3, 0.4) is 0 Å². The SMILES string of the molecule is Cc1cc(C2CCCNC2)oc(=O)c1C(=O)NCc1noc(Cc2cccs2)n1.Cl. The minimum Gasteiger partial charge on any atom is -0.427 e. The molecule has 1 aliphatic heterocycles. The number of thiophene rings is 1. The summed E-state index contributed by atoms with van der Waals surface area (Å²) in [4.78, 5) is 30.4. The number of hydrogen-bond acceptors (Lipinski definition) is 8. The third kappa shape index (κ3) is 5.16. The minimum atomic E-state index is -0.616. The zero-order chi connectivity index (χ0) is 20.2. The number of rotatable bonds is 6. The van der Waals surface area contributed by atoms with Gasteiger partial charge in [-0.05, 0) is 49.4 Å². The summed E-state index contributed by atoms with van der Waals surface area (Å²) in [5.41, 5.74) is 0.000197. The molecule has 160 valence electrons. The topological polar surface area (TPSA) is 110 Å². The van der Waals surface area contributed by atoms with Gasteiger partial charge in [-0.2, -0.15) is 4.98 Å². The molecule has 3 aromatic heterocycles. The van der Waals surface area contributed by atoms with E-state index < -0.39 is 11.5 Å². The molecule has 1 saturated heterocycles. The number of nitrogens with zero attached hydrogens (tertiary/aromatic N) is 2. The summed E-state index contributed by atoms with van der Waals surface area (Å²) in [5.74, 6) is 1.13. The van der Waals surface area contributed by atoms with Gasteiger partial charge in [-0.15, -0.1) is 23.7 Å². The summed E-state index contributed by atoms with van der Waals surface area (Å²) in [6, 6.07) is 5.74. The minimum absolute atomic E-state index is 0. The molecule has 1 amide bonds. The molecule has 4 rings (SSSR count). The van der Waals surface area contributed by atoms with Gasteiger partial charge in [0.05, 0.1) is 13.0 Å². The van der Waals surface area contributed by atoms with Crippen molar-refractivity contribution in [1.29, 1.82) is 0 Å². The first kappa shape index (κ1) is 22.2. The number of nitrogens with one attached hydrogen (secondary N) is 2. The van der Waals surface area contributed by atoms with Crippen LogP contribution < -0.4 is 16.3 Å². The number of carbonyl (C=O) groups excluding carboxylic acids is 1. The van der Waals surface area contributed by atoms with Gasteiger partial charge in [0.25, 0.3) is 5.91 Å². The van der Waals surface area contributed by atoms with Crippen LogP contribution in [0.4, 0.5) is 0 Å². The fourth-order valence-electron chi connectivity index (χ4n) is 3.45. The van der Waals surface area contributed by atoms with Gasteiger partial charge in [0, 0.05) is 17.3 Å². The van der Waals surface area contributed by atoms with Crippen molar-refractivity contribution in [3.8, 4) is 0 Å². The van der Waals surface area contributed by atoms with E-state index >= 15 is 0 Å². The second-order valence-electron chi connectivity index (χ2n) is 7.08. The first-order valence-electron chi connectivity index (χ1n) is 9.57. The molecule has 1 unspecified atom stereocenters. The van der Waals surface area contributed by atoms with Crippen LogP contribution in [0.15, 0.2) is 37.3 Å². The van der Waals surface area contributed by atoms with Gasteiger partial charge in [0.2, 0.25) is 5.89 Å². The Balaban J connectivity index is 0.00000256. The van der Waals surface area contributed by atoms with E-state index in [0.29, 0.717) is 29.5 Å². The molecule has 0 saturated carbocycles. The average Bonchev–Trinajstić information content (AvgIpc) is 3.39. The molecule has 4 heterocycles. The number of piperidine rings is 1. The quantitative estimate of drug-likeness (QED) is 0.594. The van der Waals surface area contributed by atoms with Crippen LogP contribution in [0.25, 0.3) is 0 Å². The van der Waals surface area contributed by atoms with Crippen LogP contribution in [-0.2, 0) is 13.0 Å². The van der Waals surface area contributed by atoms with Gasteiger partial charge < -0.3 is 19.6 Å². The fraction of sp³-hybridized carbons (Fsp3) is 0.400. The number of aromatic nitrogens is 2. The van der Waals surface area contributed by atoms with Crippen LogP contribution >= 0.6 is 23.7 Å². The molecule has 3 aromatic rings. The third-order valence-electron chi connectivity index (χ3n) is 4.92. The lowest BCUT2D eigenvalue weighted by Crippen LogP contribution is -2.31. The Morgan fingerprint density at radius 2 is 2.30 bits per heavy atom. The predicted octanol–water partition coefficient (Wildman–Crippen LogP) is 2.80. The Kier molecular flexibility index (Phi) is 7.41. The summed E-state index contributed by atoms with van der Waals surface area (Å²) < 4.78 is 10.7. The number of halogens is 1. The first-order chi connectivity index (χ1) is 14.1. The molecule has 0 bridgehead atoms. The highest BCUT2D eigenvalue weighted by Crippen LogP contribution is 2.23. The predicted molar refractivity (Wildman–Crippen MR) is 114 cm³/mol. The van der Waals surface area contributed by atoms with Crippen LogP contribution in [0.2, 0.25) is 0 Å². The summed E-state index contributed by atoms with van der Waals surface area (Å²) in [7, 11) is 0. The molecule has 0 spiro atoms.